The molecule has 0 radical (unpaired) electrons. The van der Waals surface area contributed by atoms with Crippen LogP contribution >= 0.6 is 23.2 Å². The van der Waals surface area contributed by atoms with Gasteiger partial charge in [-0.3, -0.25) is 4.79 Å². The second-order valence-corrected chi connectivity index (χ2v) is 7.18. The van der Waals surface area contributed by atoms with Crippen molar-refractivity contribution in [1.29, 1.82) is 0 Å². The average Bonchev–Trinajstić information content (AvgIpc) is 3.19. The van der Waals surface area contributed by atoms with E-state index in [-0.39, 0.29) is 25.7 Å². The van der Waals surface area contributed by atoms with E-state index in [1.165, 1.54) is 0 Å². The second kappa shape index (κ2) is 9.63. The maximum atomic E-state index is 11.9. The topological polar surface area (TPSA) is 90.6 Å². The van der Waals surface area contributed by atoms with E-state index in [1.807, 2.05) is 18.2 Å². The Hall–Kier alpha value is -3.36. The SMILES string of the molecule is O=C(COc1ccccc1Cl)NCCOc1ccc2nnc(-c3ccccc3Cl)n2n1. The number of hydrogen-bond acceptors (Lipinski definition) is 6. The molecular weight excluding hydrogens is 441 g/mol. The van der Waals surface area contributed by atoms with Gasteiger partial charge in [-0.15, -0.1) is 15.3 Å². The molecule has 0 aliphatic rings. The van der Waals surface area contributed by atoms with Crippen LogP contribution in [0.4, 0.5) is 0 Å². The lowest BCUT2D eigenvalue weighted by molar-refractivity contribution is -0.123. The van der Waals surface area contributed by atoms with Gasteiger partial charge in [0.25, 0.3) is 5.91 Å². The maximum absolute atomic E-state index is 11.9. The molecule has 0 unspecified atom stereocenters. The van der Waals surface area contributed by atoms with E-state index >= 15 is 0 Å². The number of hydrogen-bond donors (Lipinski definition) is 1. The lowest BCUT2D eigenvalue weighted by Crippen LogP contribution is -2.32. The van der Waals surface area contributed by atoms with Gasteiger partial charge in [0, 0.05) is 11.6 Å². The number of ether oxygens (including phenoxy) is 2. The van der Waals surface area contributed by atoms with Crippen molar-refractivity contribution in [1.82, 2.24) is 25.1 Å². The molecule has 10 heteroatoms. The Balaban J connectivity index is 1.31. The number of halogens is 2. The van der Waals surface area contributed by atoms with Gasteiger partial charge in [0.2, 0.25) is 5.88 Å². The van der Waals surface area contributed by atoms with Gasteiger partial charge >= 0.3 is 0 Å². The minimum Gasteiger partial charge on any atom is -0.482 e. The molecule has 2 heterocycles. The number of nitrogens with zero attached hydrogens (tertiary/aromatic N) is 4. The molecule has 0 aliphatic carbocycles. The Morgan fingerprint density at radius 3 is 2.52 bits per heavy atom. The second-order valence-electron chi connectivity index (χ2n) is 6.36. The lowest BCUT2D eigenvalue weighted by Gasteiger charge is -2.09. The highest BCUT2D eigenvalue weighted by molar-refractivity contribution is 6.33. The molecule has 0 saturated heterocycles. The van der Waals surface area contributed by atoms with Crippen molar-refractivity contribution in [2.75, 3.05) is 19.8 Å². The summed E-state index contributed by atoms with van der Waals surface area (Å²) in [5.41, 5.74) is 1.28. The van der Waals surface area contributed by atoms with Crippen molar-refractivity contribution >= 4 is 34.8 Å². The van der Waals surface area contributed by atoms with Crippen LogP contribution in [0, 0.1) is 0 Å². The van der Waals surface area contributed by atoms with Gasteiger partial charge in [-0.1, -0.05) is 47.5 Å². The minimum atomic E-state index is -0.285. The van der Waals surface area contributed by atoms with Crippen LogP contribution in [0.2, 0.25) is 10.0 Å². The minimum absolute atomic E-state index is 0.143. The van der Waals surface area contributed by atoms with Crippen LogP contribution in [0.3, 0.4) is 0 Å². The molecule has 158 valence electrons. The number of carbonyl (C=O) groups excluding carboxylic acids is 1. The average molecular weight is 458 g/mol. The molecular formula is C21H17Cl2N5O3. The van der Waals surface area contributed by atoms with Gasteiger partial charge in [0.05, 0.1) is 16.6 Å². The summed E-state index contributed by atoms with van der Waals surface area (Å²) >= 11 is 12.3. The first-order valence-electron chi connectivity index (χ1n) is 9.36. The number of nitrogens with one attached hydrogen (secondary N) is 1. The molecule has 4 rings (SSSR count). The molecule has 2 aromatic carbocycles. The number of benzene rings is 2. The molecule has 0 atom stereocenters. The zero-order valence-corrected chi connectivity index (χ0v) is 17.7. The van der Waals surface area contributed by atoms with Gasteiger partial charge in [-0.25, -0.2) is 0 Å². The normalized spacial score (nSPS) is 10.8. The van der Waals surface area contributed by atoms with E-state index in [2.05, 4.69) is 20.6 Å². The third-order valence-corrected chi connectivity index (χ3v) is 4.86. The largest absolute Gasteiger partial charge is 0.482 e. The first-order valence-corrected chi connectivity index (χ1v) is 10.1. The lowest BCUT2D eigenvalue weighted by atomic mass is 10.2. The molecule has 0 aliphatic heterocycles. The number of fused-ring (bicyclic) bond motifs is 1. The summed E-state index contributed by atoms with van der Waals surface area (Å²) in [6.45, 7) is 0.361. The zero-order chi connectivity index (χ0) is 21.6. The van der Waals surface area contributed by atoms with Crippen molar-refractivity contribution in [3.8, 4) is 23.0 Å². The van der Waals surface area contributed by atoms with Crippen LogP contribution in [-0.2, 0) is 4.79 Å². The predicted octanol–water partition coefficient (Wildman–Crippen LogP) is 3.67. The van der Waals surface area contributed by atoms with E-state index in [9.17, 15) is 4.79 Å². The van der Waals surface area contributed by atoms with Crippen LogP contribution in [0.5, 0.6) is 11.6 Å². The summed E-state index contributed by atoms with van der Waals surface area (Å²) < 4.78 is 12.6. The quantitative estimate of drug-likeness (QED) is 0.406. The number of rotatable bonds is 8. The summed E-state index contributed by atoms with van der Waals surface area (Å²) in [6.07, 6.45) is 0. The molecule has 0 spiro atoms. The third-order valence-electron chi connectivity index (χ3n) is 4.22. The molecule has 1 N–H and O–H groups in total. The fraction of sp³-hybridized carbons (Fsp3) is 0.143. The number of aromatic nitrogens is 4. The molecule has 8 nitrogen and oxygen atoms in total. The van der Waals surface area contributed by atoms with E-state index < -0.39 is 0 Å². The zero-order valence-electron chi connectivity index (χ0n) is 16.2. The first-order chi connectivity index (χ1) is 15.1. The smallest absolute Gasteiger partial charge is 0.258 e. The monoisotopic (exact) mass is 457 g/mol. The molecule has 2 aromatic heterocycles. The molecule has 0 saturated carbocycles. The van der Waals surface area contributed by atoms with Crippen molar-refractivity contribution in [3.63, 3.8) is 0 Å². The Kier molecular flexibility index (Phi) is 6.49. The summed E-state index contributed by atoms with van der Waals surface area (Å²) in [5, 5.41) is 16.4. The van der Waals surface area contributed by atoms with Gasteiger partial charge in [0.15, 0.2) is 18.1 Å². The standard InChI is InChI=1S/C21H17Cl2N5O3/c22-15-6-2-1-5-14(15)21-26-25-18-9-10-20(27-28(18)21)30-12-11-24-19(29)13-31-17-8-4-3-7-16(17)23/h1-10H,11-13H2,(H,24,29). The van der Waals surface area contributed by atoms with E-state index in [1.54, 1.807) is 47.0 Å². The van der Waals surface area contributed by atoms with Crippen molar-refractivity contribution < 1.29 is 14.3 Å². The summed E-state index contributed by atoms with van der Waals surface area (Å²) in [4.78, 5) is 11.9. The Bertz CT molecular complexity index is 1210. The van der Waals surface area contributed by atoms with E-state index in [0.717, 1.165) is 0 Å². The van der Waals surface area contributed by atoms with Crippen LogP contribution in [-0.4, -0.2) is 45.5 Å². The Morgan fingerprint density at radius 2 is 1.71 bits per heavy atom. The summed E-state index contributed by atoms with van der Waals surface area (Å²) in [6, 6.07) is 17.7. The highest BCUT2D eigenvalue weighted by atomic mass is 35.5. The Labute approximate surface area is 187 Å². The van der Waals surface area contributed by atoms with Crippen LogP contribution in [0.25, 0.3) is 17.0 Å². The van der Waals surface area contributed by atoms with Gasteiger partial charge in [-0.2, -0.15) is 4.52 Å². The van der Waals surface area contributed by atoms with Crippen LogP contribution in [0.1, 0.15) is 0 Å². The predicted molar refractivity (Wildman–Crippen MR) is 117 cm³/mol. The number of carbonyl (C=O) groups is 1. The fourth-order valence-corrected chi connectivity index (χ4v) is 3.17. The molecule has 1 amide bonds. The molecule has 4 aromatic rings. The Morgan fingerprint density at radius 1 is 0.935 bits per heavy atom. The number of para-hydroxylation sites is 1. The molecule has 0 fully saturated rings. The van der Waals surface area contributed by atoms with Crippen molar-refractivity contribution in [2.24, 2.45) is 0 Å². The molecule has 31 heavy (non-hydrogen) atoms. The maximum Gasteiger partial charge on any atom is 0.258 e. The van der Waals surface area contributed by atoms with Gasteiger partial charge in [-0.05, 0) is 30.3 Å². The van der Waals surface area contributed by atoms with Crippen molar-refractivity contribution in [2.45, 2.75) is 0 Å². The van der Waals surface area contributed by atoms with Crippen molar-refractivity contribution in [3.05, 3.63) is 70.7 Å². The van der Waals surface area contributed by atoms with Crippen LogP contribution in [0.15, 0.2) is 60.7 Å². The van der Waals surface area contributed by atoms with Crippen LogP contribution < -0.4 is 14.8 Å². The van der Waals surface area contributed by atoms with Gasteiger partial charge < -0.3 is 14.8 Å². The first kappa shape index (κ1) is 20.9. The van der Waals surface area contributed by atoms with Gasteiger partial charge in [0.1, 0.15) is 12.4 Å². The fourth-order valence-electron chi connectivity index (χ4n) is 2.76. The summed E-state index contributed by atoms with van der Waals surface area (Å²) in [5.74, 6) is 1.04. The summed E-state index contributed by atoms with van der Waals surface area (Å²) in [7, 11) is 0. The van der Waals surface area contributed by atoms with E-state index in [0.29, 0.717) is 38.7 Å². The third kappa shape index (κ3) is 5.04. The molecule has 0 bridgehead atoms. The number of amides is 1. The highest BCUT2D eigenvalue weighted by Crippen LogP contribution is 2.26. The highest BCUT2D eigenvalue weighted by Gasteiger charge is 2.13. The van der Waals surface area contributed by atoms with E-state index in [4.69, 9.17) is 32.7 Å².